The Labute approximate surface area is 93.0 Å². The molecule has 0 aromatic heterocycles. The maximum Gasteiger partial charge on any atom is 0.0395 e. The first-order valence-corrected chi connectivity index (χ1v) is 5.99. The molecule has 1 aliphatic heterocycles. The number of hydrogen-bond donors (Lipinski definition) is 1. The monoisotopic (exact) mass is 206 g/mol. The first-order chi connectivity index (χ1) is 7.36. The normalized spacial score (nSPS) is 21.9. The van der Waals surface area contributed by atoms with E-state index in [1.165, 1.54) is 30.5 Å². The summed E-state index contributed by atoms with van der Waals surface area (Å²) in [7, 11) is 0. The summed E-state index contributed by atoms with van der Waals surface area (Å²) in [6.07, 6.45) is 13.1. The van der Waals surface area contributed by atoms with Crippen molar-refractivity contribution in [1.82, 2.24) is 0 Å². The van der Waals surface area contributed by atoms with E-state index in [-0.39, 0.29) is 0 Å². The fourth-order valence-corrected chi connectivity index (χ4v) is 1.70. The van der Waals surface area contributed by atoms with Crippen LogP contribution in [0.3, 0.4) is 0 Å². The lowest BCUT2D eigenvalue weighted by Gasteiger charge is -2.07. The van der Waals surface area contributed by atoms with Crippen molar-refractivity contribution in [3.63, 3.8) is 0 Å². The molecule has 0 atom stereocenters. The largest absolute Gasteiger partial charge is 0.404 e. The average molecular weight is 206 g/mol. The van der Waals surface area contributed by atoms with Crippen LogP contribution in [0.25, 0.3) is 0 Å². The lowest BCUT2D eigenvalue weighted by Crippen LogP contribution is -2.00. The molecule has 0 unspecified atom stereocenters. The fourth-order valence-electron chi connectivity index (χ4n) is 1.70. The third-order valence-corrected chi connectivity index (χ3v) is 2.68. The molecule has 15 heavy (non-hydrogen) atoms. The first kappa shape index (κ1) is 12.0. The van der Waals surface area contributed by atoms with Gasteiger partial charge in [-0.1, -0.05) is 25.8 Å². The minimum atomic E-state index is 0.948. The molecule has 0 fully saturated rings. The average Bonchev–Trinajstić information content (AvgIpc) is 2.22. The Morgan fingerprint density at radius 1 is 1.40 bits per heavy atom. The SMILES string of the molecule is CCCCCC1=NCCCC(=C\N)/C=C\1. The molecule has 2 heteroatoms. The number of rotatable bonds is 4. The van der Waals surface area contributed by atoms with Crippen LogP contribution in [0.5, 0.6) is 0 Å². The van der Waals surface area contributed by atoms with Gasteiger partial charge in [0.15, 0.2) is 0 Å². The molecule has 0 amide bonds. The second-order valence-electron chi connectivity index (χ2n) is 4.01. The van der Waals surface area contributed by atoms with Gasteiger partial charge in [-0.2, -0.15) is 0 Å². The zero-order valence-electron chi connectivity index (χ0n) is 9.71. The van der Waals surface area contributed by atoms with Gasteiger partial charge in [-0.25, -0.2) is 0 Å². The van der Waals surface area contributed by atoms with E-state index in [1.807, 2.05) is 0 Å². The van der Waals surface area contributed by atoms with Gasteiger partial charge in [0.25, 0.3) is 0 Å². The molecule has 1 rings (SSSR count). The molecule has 0 saturated heterocycles. The summed E-state index contributed by atoms with van der Waals surface area (Å²) in [6, 6.07) is 0. The van der Waals surface area contributed by atoms with E-state index in [1.54, 1.807) is 6.20 Å². The minimum absolute atomic E-state index is 0.948. The second-order valence-corrected chi connectivity index (χ2v) is 4.01. The first-order valence-electron chi connectivity index (χ1n) is 5.99. The molecule has 2 N–H and O–H groups in total. The van der Waals surface area contributed by atoms with Crippen LogP contribution in [-0.2, 0) is 0 Å². The summed E-state index contributed by atoms with van der Waals surface area (Å²) in [4.78, 5) is 4.59. The van der Waals surface area contributed by atoms with Crippen LogP contribution in [0.1, 0.15) is 45.4 Å². The van der Waals surface area contributed by atoms with Crippen LogP contribution in [-0.4, -0.2) is 12.3 Å². The maximum absolute atomic E-state index is 5.54. The van der Waals surface area contributed by atoms with Crippen LogP contribution in [0.15, 0.2) is 28.9 Å². The Hall–Kier alpha value is -1.05. The molecule has 0 saturated carbocycles. The van der Waals surface area contributed by atoms with Crippen molar-refractivity contribution < 1.29 is 0 Å². The highest BCUT2D eigenvalue weighted by molar-refractivity contribution is 5.95. The third-order valence-electron chi connectivity index (χ3n) is 2.68. The lowest BCUT2D eigenvalue weighted by molar-refractivity contribution is 0.738. The standard InChI is InChI=1S/C13H22N2/c1-2-3-4-7-13-9-8-12(11-14)6-5-10-15-13/h8-9,11H,2-7,10,14H2,1H3/b9-8-,12-11+,15-13?. The molecule has 0 aromatic carbocycles. The smallest absolute Gasteiger partial charge is 0.0395 e. The minimum Gasteiger partial charge on any atom is -0.404 e. The Morgan fingerprint density at radius 3 is 3.00 bits per heavy atom. The van der Waals surface area contributed by atoms with Gasteiger partial charge in [-0.15, -0.1) is 0 Å². The third kappa shape index (κ3) is 4.82. The van der Waals surface area contributed by atoms with Crippen LogP contribution in [0.4, 0.5) is 0 Å². The molecular weight excluding hydrogens is 184 g/mol. The van der Waals surface area contributed by atoms with Crippen molar-refractivity contribution in [1.29, 1.82) is 0 Å². The van der Waals surface area contributed by atoms with E-state index in [4.69, 9.17) is 5.73 Å². The summed E-state index contributed by atoms with van der Waals surface area (Å²) in [5.74, 6) is 0. The van der Waals surface area contributed by atoms with Gasteiger partial charge >= 0.3 is 0 Å². The highest BCUT2D eigenvalue weighted by Gasteiger charge is 2.00. The van der Waals surface area contributed by atoms with Crippen molar-refractivity contribution in [2.75, 3.05) is 6.54 Å². The van der Waals surface area contributed by atoms with Crippen LogP contribution in [0, 0.1) is 0 Å². The number of aliphatic imine (C=N–C) groups is 1. The van der Waals surface area contributed by atoms with Gasteiger partial charge in [0.05, 0.1) is 0 Å². The van der Waals surface area contributed by atoms with E-state index in [2.05, 4.69) is 24.1 Å². The van der Waals surface area contributed by atoms with Gasteiger partial charge in [0, 0.05) is 12.3 Å². The summed E-state index contributed by atoms with van der Waals surface area (Å²) in [5.41, 5.74) is 8.01. The summed E-state index contributed by atoms with van der Waals surface area (Å²) in [6.45, 7) is 3.17. The predicted molar refractivity (Wildman–Crippen MR) is 67.1 cm³/mol. The molecular formula is C13H22N2. The van der Waals surface area contributed by atoms with Crippen molar-refractivity contribution >= 4 is 5.71 Å². The van der Waals surface area contributed by atoms with Crippen LogP contribution < -0.4 is 5.73 Å². The number of hydrogen-bond acceptors (Lipinski definition) is 2. The zero-order valence-corrected chi connectivity index (χ0v) is 9.71. The van der Waals surface area contributed by atoms with Crippen molar-refractivity contribution in [3.05, 3.63) is 23.9 Å². The van der Waals surface area contributed by atoms with Gasteiger partial charge < -0.3 is 5.73 Å². The highest BCUT2D eigenvalue weighted by Crippen LogP contribution is 2.11. The number of allylic oxidation sites excluding steroid dienone is 3. The van der Waals surface area contributed by atoms with Crippen molar-refractivity contribution in [3.8, 4) is 0 Å². The van der Waals surface area contributed by atoms with Gasteiger partial charge in [0.2, 0.25) is 0 Å². The summed E-state index contributed by atoms with van der Waals surface area (Å²) >= 11 is 0. The second kappa shape index (κ2) is 7.27. The van der Waals surface area contributed by atoms with E-state index < -0.39 is 0 Å². The number of nitrogens with zero attached hydrogens (tertiary/aromatic N) is 1. The maximum atomic E-state index is 5.54. The van der Waals surface area contributed by atoms with E-state index in [9.17, 15) is 0 Å². The Kier molecular flexibility index (Phi) is 5.83. The Morgan fingerprint density at radius 2 is 2.27 bits per heavy atom. The quantitative estimate of drug-likeness (QED) is 0.705. The highest BCUT2D eigenvalue weighted by atomic mass is 14.7. The van der Waals surface area contributed by atoms with Gasteiger partial charge in [-0.3, -0.25) is 4.99 Å². The number of nitrogens with two attached hydrogens (primary N) is 1. The van der Waals surface area contributed by atoms with Gasteiger partial charge in [-0.05, 0) is 43.5 Å². The topological polar surface area (TPSA) is 38.4 Å². The molecule has 2 nitrogen and oxygen atoms in total. The number of unbranched alkanes of at least 4 members (excludes halogenated alkanes) is 2. The molecule has 1 heterocycles. The molecule has 0 aliphatic carbocycles. The lowest BCUT2D eigenvalue weighted by atomic mass is 10.1. The molecule has 0 radical (unpaired) electrons. The zero-order chi connectivity index (χ0) is 10.9. The Balaban J connectivity index is 2.48. The van der Waals surface area contributed by atoms with E-state index in [0.717, 1.165) is 25.8 Å². The van der Waals surface area contributed by atoms with E-state index in [0.29, 0.717) is 0 Å². The van der Waals surface area contributed by atoms with Crippen molar-refractivity contribution in [2.45, 2.75) is 45.4 Å². The molecule has 0 aromatic rings. The molecule has 1 aliphatic rings. The molecule has 84 valence electrons. The molecule has 0 bridgehead atoms. The summed E-state index contributed by atoms with van der Waals surface area (Å²) in [5, 5.41) is 0. The van der Waals surface area contributed by atoms with Gasteiger partial charge in [0.1, 0.15) is 0 Å². The van der Waals surface area contributed by atoms with Crippen LogP contribution >= 0.6 is 0 Å². The summed E-state index contributed by atoms with van der Waals surface area (Å²) < 4.78 is 0. The van der Waals surface area contributed by atoms with Crippen LogP contribution in [0.2, 0.25) is 0 Å². The van der Waals surface area contributed by atoms with E-state index >= 15 is 0 Å². The van der Waals surface area contributed by atoms with Crippen molar-refractivity contribution in [2.24, 2.45) is 10.7 Å². The molecule has 0 spiro atoms. The fraction of sp³-hybridized carbons (Fsp3) is 0.615. The predicted octanol–water partition coefficient (Wildman–Crippen LogP) is 3.20. The Bertz CT molecular complexity index is 262.